The maximum Gasteiger partial charge on any atom is 0.349 e. The van der Waals surface area contributed by atoms with E-state index in [9.17, 15) is 4.79 Å². The number of nitrogens with zero attached hydrogens (tertiary/aromatic N) is 3. The zero-order valence-corrected chi connectivity index (χ0v) is 11.3. The van der Waals surface area contributed by atoms with Crippen molar-refractivity contribution in [1.29, 1.82) is 0 Å². The number of halogens is 1. The van der Waals surface area contributed by atoms with E-state index >= 15 is 0 Å². The average molecular weight is 270 g/mol. The van der Waals surface area contributed by atoms with Crippen LogP contribution in [0.3, 0.4) is 0 Å². The van der Waals surface area contributed by atoms with Crippen molar-refractivity contribution in [2.75, 3.05) is 11.9 Å². The van der Waals surface area contributed by atoms with Gasteiger partial charge in [-0.05, 0) is 12.8 Å². The first kappa shape index (κ1) is 12.9. The number of aromatic amines is 1. The second-order valence-electron chi connectivity index (χ2n) is 4.55. The molecule has 0 bridgehead atoms. The van der Waals surface area contributed by atoms with Crippen LogP contribution in [0.5, 0.6) is 0 Å². The number of alkyl halides is 1. The molecule has 2 aromatic heterocycles. The second kappa shape index (κ2) is 4.97. The lowest BCUT2D eigenvalue weighted by Crippen LogP contribution is -2.21. The highest BCUT2D eigenvalue weighted by Gasteiger charge is 2.11. The van der Waals surface area contributed by atoms with Crippen molar-refractivity contribution >= 4 is 23.1 Å². The Morgan fingerprint density at radius 2 is 2.28 bits per heavy atom. The monoisotopic (exact) mass is 269 g/mol. The SMILES string of the molecule is Cc1nc(NCC(Cl)C(C)C)cc2n[nH]c(=O)n12. The Morgan fingerprint density at radius 3 is 2.94 bits per heavy atom. The van der Waals surface area contributed by atoms with Gasteiger partial charge in [0.1, 0.15) is 11.6 Å². The lowest BCUT2D eigenvalue weighted by Gasteiger charge is -2.14. The van der Waals surface area contributed by atoms with Crippen LogP contribution in [-0.2, 0) is 0 Å². The number of fused-ring (bicyclic) bond motifs is 1. The van der Waals surface area contributed by atoms with Crippen LogP contribution in [0.1, 0.15) is 19.7 Å². The lowest BCUT2D eigenvalue weighted by atomic mass is 10.1. The molecule has 2 N–H and O–H groups in total. The second-order valence-corrected chi connectivity index (χ2v) is 5.11. The molecule has 0 saturated carbocycles. The van der Waals surface area contributed by atoms with E-state index < -0.39 is 0 Å². The standard InChI is InChI=1S/C11H16ClN5O/c1-6(2)8(12)5-13-9-4-10-15-16-11(18)17(10)7(3)14-9/h4,6,8,13H,5H2,1-3H3,(H,16,18). The molecule has 1 atom stereocenters. The topological polar surface area (TPSA) is 75.1 Å². The molecular weight excluding hydrogens is 254 g/mol. The molecule has 7 heteroatoms. The van der Waals surface area contributed by atoms with E-state index in [1.54, 1.807) is 13.0 Å². The summed E-state index contributed by atoms with van der Waals surface area (Å²) in [7, 11) is 0. The summed E-state index contributed by atoms with van der Waals surface area (Å²) in [6, 6.07) is 1.72. The molecule has 18 heavy (non-hydrogen) atoms. The zero-order valence-electron chi connectivity index (χ0n) is 10.6. The first-order valence-corrected chi connectivity index (χ1v) is 6.25. The molecule has 0 aliphatic rings. The van der Waals surface area contributed by atoms with Crippen molar-refractivity contribution in [1.82, 2.24) is 19.6 Å². The molecule has 0 saturated heterocycles. The third-order valence-electron chi connectivity index (χ3n) is 2.77. The van der Waals surface area contributed by atoms with Gasteiger partial charge in [-0.25, -0.2) is 19.3 Å². The van der Waals surface area contributed by atoms with Crippen molar-refractivity contribution < 1.29 is 0 Å². The Hall–Kier alpha value is -1.56. The average Bonchev–Trinajstić information content (AvgIpc) is 2.68. The number of hydrogen-bond acceptors (Lipinski definition) is 4. The molecule has 6 nitrogen and oxygen atoms in total. The maximum atomic E-state index is 11.4. The van der Waals surface area contributed by atoms with Gasteiger partial charge in [-0.1, -0.05) is 13.8 Å². The Bertz CT molecular complexity index is 603. The van der Waals surface area contributed by atoms with E-state index in [1.807, 2.05) is 0 Å². The Labute approximate surface area is 109 Å². The number of hydrogen-bond donors (Lipinski definition) is 2. The number of rotatable bonds is 4. The number of nitrogens with one attached hydrogen (secondary N) is 2. The first-order valence-electron chi connectivity index (χ1n) is 5.81. The minimum Gasteiger partial charge on any atom is -0.368 e. The molecule has 2 aromatic rings. The van der Waals surface area contributed by atoms with Crippen LogP contribution < -0.4 is 11.0 Å². The predicted molar refractivity (Wildman–Crippen MR) is 71.3 cm³/mol. The van der Waals surface area contributed by atoms with E-state index in [0.29, 0.717) is 29.8 Å². The highest BCUT2D eigenvalue weighted by Crippen LogP contribution is 2.12. The van der Waals surface area contributed by atoms with Gasteiger partial charge in [0.25, 0.3) is 0 Å². The largest absolute Gasteiger partial charge is 0.368 e. The predicted octanol–water partition coefficient (Wildman–Crippen LogP) is 1.40. The van der Waals surface area contributed by atoms with Crippen LogP contribution in [-0.4, -0.2) is 31.5 Å². The van der Waals surface area contributed by atoms with Crippen LogP contribution in [0.2, 0.25) is 0 Å². The van der Waals surface area contributed by atoms with Gasteiger partial charge in [0.2, 0.25) is 0 Å². The number of aromatic nitrogens is 4. The number of H-pyrrole nitrogens is 1. The van der Waals surface area contributed by atoms with Crippen LogP contribution in [0, 0.1) is 12.8 Å². The molecule has 0 aliphatic heterocycles. The van der Waals surface area contributed by atoms with Crippen LogP contribution in [0.25, 0.3) is 5.65 Å². The van der Waals surface area contributed by atoms with Crippen molar-refractivity contribution in [2.24, 2.45) is 5.92 Å². The summed E-state index contributed by atoms with van der Waals surface area (Å²) < 4.78 is 1.42. The van der Waals surface area contributed by atoms with Gasteiger partial charge in [0.15, 0.2) is 5.65 Å². The van der Waals surface area contributed by atoms with Gasteiger partial charge in [0, 0.05) is 12.6 Å². The van der Waals surface area contributed by atoms with Crippen molar-refractivity contribution in [3.8, 4) is 0 Å². The summed E-state index contributed by atoms with van der Waals surface area (Å²) in [4.78, 5) is 15.7. The van der Waals surface area contributed by atoms with Crippen molar-refractivity contribution in [3.05, 3.63) is 22.4 Å². The fourth-order valence-electron chi connectivity index (χ4n) is 1.63. The van der Waals surface area contributed by atoms with E-state index in [0.717, 1.165) is 0 Å². The van der Waals surface area contributed by atoms with Gasteiger partial charge in [0.05, 0.1) is 5.38 Å². The minimum absolute atomic E-state index is 0.0321. The van der Waals surface area contributed by atoms with E-state index in [1.165, 1.54) is 4.40 Å². The van der Waals surface area contributed by atoms with Crippen LogP contribution in [0.15, 0.2) is 10.9 Å². The van der Waals surface area contributed by atoms with Crippen molar-refractivity contribution in [2.45, 2.75) is 26.1 Å². The molecule has 0 radical (unpaired) electrons. The molecule has 2 rings (SSSR count). The third-order valence-corrected chi connectivity index (χ3v) is 3.43. The van der Waals surface area contributed by atoms with E-state index in [4.69, 9.17) is 11.6 Å². The summed E-state index contributed by atoms with van der Waals surface area (Å²) in [5.41, 5.74) is 0.268. The highest BCUT2D eigenvalue weighted by atomic mass is 35.5. The number of anilines is 1. The van der Waals surface area contributed by atoms with Crippen LogP contribution >= 0.6 is 11.6 Å². The van der Waals surface area contributed by atoms with Gasteiger partial charge >= 0.3 is 5.69 Å². The zero-order chi connectivity index (χ0) is 13.3. The first-order chi connectivity index (χ1) is 8.49. The Balaban J connectivity index is 2.22. The summed E-state index contributed by atoms with van der Waals surface area (Å²) in [5.74, 6) is 1.65. The third kappa shape index (κ3) is 2.48. The fraction of sp³-hybridized carbons (Fsp3) is 0.545. The van der Waals surface area contributed by atoms with Crippen LogP contribution in [0.4, 0.5) is 5.82 Å². The molecule has 98 valence electrons. The fourth-order valence-corrected chi connectivity index (χ4v) is 1.70. The summed E-state index contributed by atoms with van der Waals surface area (Å²) in [6.07, 6.45) is 0. The highest BCUT2D eigenvalue weighted by molar-refractivity contribution is 6.21. The molecule has 0 amide bonds. The molecule has 0 aromatic carbocycles. The number of aryl methyl sites for hydroxylation is 1. The quantitative estimate of drug-likeness (QED) is 0.823. The molecular formula is C11H16ClN5O. The van der Waals surface area contributed by atoms with Crippen molar-refractivity contribution in [3.63, 3.8) is 0 Å². The maximum absolute atomic E-state index is 11.4. The van der Waals surface area contributed by atoms with Gasteiger partial charge in [-0.3, -0.25) is 0 Å². The molecule has 0 fully saturated rings. The molecule has 1 unspecified atom stereocenters. The van der Waals surface area contributed by atoms with E-state index in [2.05, 4.69) is 34.3 Å². The Kier molecular flexibility index (Phi) is 3.56. The lowest BCUT2D eigenvalue weighted by molar-refractivity contribution is 0.615. The Morgan fingerprint density at radius 1 is 1.56 bits per heavy atom. The van der Waals surface area contributed by atoms with Gasteiger partial charge in [-0.2, -0.15) is 5.10 Å². The molecule has 0 spiro atoms. The van der Waals surface area contributed by atoms with E-state index in [-0.39, 0.29) is 11.1 Å². The minimum atomic E-state index is -0.279. The summed E-state index contributed by atoms with van der Waals surface area (Å²) in [6.45, 7) is 6.51. The van der Waals surface area contributed by atoms with Gasteiger partial charge in [-0.15, -0.1) is 11.6 Å². The normalized spacial score (nSPS) is 13.2. The van der Waals surface area contributed by atoms with Gasteiger partial charge < -0.3 is 5.32 Å². The smallest absolute Gasteiger partial charge is 0.349 e. The summed E-state index contributed by atoms with van der Waals surface area (Å²) in [5, 5.41) is 9.49. The molecule has 0 aliphatic carbocycles. The molecule has 2 heterocycles. The summed E-state index contributed by atoms with van der Waals surface area (Å²) >= 11 is 6.16.